The zero-order valence-electron chi connectivity index (χ0n) is 18.7. The van der Waals surface area contributed by atoms with Crippen molar-refractivity contribution in [3.63, 3.8) is 0 Å². The van der Waals surface area contributed by atoms with Gasteiger partial charge in [-0.25, -0.2) is 17.1 Å². The minimum Gasteiger partial charge on any atom is -0.497 e. The van der Waals surface area contributed by atoms with Crippen LogP contribution in [-0.2, 0) is 16.6 Å². The maximum atomic E-state index is 14.0. The SMILES string of the molecule is COc1ccc(CN(c2ccon2)S(=O)(=O)c2ccc(Nc3cc(F)c(Br)cc3OC)cc2)cc1. The van der Waals surface area contributed by atoms with Crippen molar-refractivity contribution < 1.29 is 26.8 Å². The van der Waals surface area contributed by atoms with E-state index in [1.807, 2.05) is 0 Å². The maximum Gasteiger partial charge on any atom is 0.265 e. The van der Waals surface area contributed by atoms with Gasteiger partial charge in [0, 0.05) is 17.8 Å². The Morgan fingerprint density at radius 1 is 1.03 bits per heavy atom. The Morgan fingerprint density at radius 3 is 2.34 bits per heavy atom. The van der Waals surface area contributed by atoms with Crippen LogP contribution in [0.2, 0.25) is 0 Å². The van der Waals surface area contributed by atoms with Gasteiger partial charge >= 0.3 is 0 Å². The summed E-state index contributed by atoms with van der Waals surface area (Å²) in [6.07, 6.45) is 1.31. The number of anilines is 3. The Kier molecular flexibility index (Phi) is 7.27. The van der Waals surface area contributed by atoms with Crippen LogP contribution in [0.4, 0.5) is 21.6 Å². The molecule has 0 radical (unpaired) electrons. The van der Waals surface area contributed by atoms with Crippen molar-refractivity contribution in [2.24, 2.45) is 0 Å². The molecule has 0 aliphatic heterocycles. The number of hydrogen-bond donors (Lipinski definition) is 1. The Balaban J connectivity index is 1.61. The maximum absolute atomic E-state index is 14.0. The van der Waals surface area contributed by atoms with Gasteiger partial charge in [-0.05, 0) is 64.0 Å². The average molecular weight is 562 g/mol. The number of nitrogens with zero attached hydrogens (tertiary/aromatic N) is 2. The molecule has 1 aromatic heterocycles. The number of benzene rings is 3. The van der Waals surface area contributed by atoms with E-state index in [0.29, 0.717) is 22.9 Å². The summed E-state index contributed by atoms with van der Waals surface area (Å²) < 4.78 is 57.9. The van der Waals surface area contributed by atoms with Crippen LogP contribution >= 0.6 is 15.9 Å². The average Bonchev–Trinajstić information content (AvgIpc) is 3.39. The fraction of sp³-hybridized carbons (Fsp3) is 0.125. The van der Waals surface area contributed by atoms with Crippen molar-refractivity contribution >= 4 is 43.1 Å². The number of aromatic nitrogens is 1. The molecule has 0 atom stereocenters. The summed E-state index contributed by atoms with van der Waals surface area (Å²) in [5.41, 5.74) is 1.68. The highest BCUT2D eigenvalue weighted by Crippen LogP contribution is 2.33. The topological polar surface area (TPSA) is 93.9 Å². The minimum atomic E-state index is -3.99. The largest absolute Gasteiger partial charge is 0.497 e. The second kappa shape index (κ2) is 10.4. The molecule has 11 heteroatoms. The third kappa shape index (κ3) is 5.41. The monoisotopic (exact) mass is 561 g/mol. The van der Waals surface area contributed by atoms with Crippen molar-refractivity contribution in [2.45, 2.75) is 11.4 Å². The number of hydrogen-bond acceptors (Lipinski definition) is 7. The summed E-state index contributed by atoms with van der Waals surface area (Å²) >= 11 is 3.13. The van der Waals surface area contributed by atoms with E-state index in [9.17, 15) is 12.8 Å². The van der Waals surface area contributed by atoms with Crippen LogP contribution in [0.5, 0.6) is 11.5 Å². The van der Waals surface area contributed by atoms with Gasteiger partial charge in [-0.2, -0.15) is 0 Å². The van der Waals surface area contributed by atoms with Crippen molar-refractivity contribution in [3.8, 4) is 11.5 Å². The van der Waals surface area contributed by atoms with E-state index in [4.69, 9.17) is 14.0 Å². The summed E-state index contributed by atoms with van der Waals surface area (Å²) in [5.74, 6) is 0.772. The van der Waals surface area contributed by atoms with Gasteiger partial charge in [-0.1, -0.05) is 17.3 Å². The van der Waals surface area contributed by atoms with Crippen LogP contribution in [0, 0.1) is 5.82 Å². The lowest BCUT2D eigenvalue weighted by Gasteiger charge is -2.22. The molecule has 0 bridgehead atoms. The lowest BCUT2D eigenvalue weighted by Crippen LogP contribution is -2.30. The number of halogens is 2. The first-order valence-electron chi connectivity index (χ1n) is 10.3. The van der Waals surface area contributed by atoms with Gasteiger partial charge < -0.3 is 19.3 Å². The number of rotatable bonds is 9. The fourth-order valence-corrected chi connectivity index (χ4v) is 5.03. The molecule has 0 saturated heterocycles. The van der Waals surface area contributed by atoms with Gasteiger partial charge in [0.05, 0.1) is 35.8 Å². The molecule has 0 unspecified atom stereocenters. The van der Waals surface area contributed by atoms with Crippen molar-refractivity contribution in [1.29, 1.82) is 0 Å². The van der Waals surface area contributed by atoms with E-state index in [1.54, 1.807) is 43.5 Å². The first-order valence-corrected chi connectivity index (χ1v) is 12.5. The molecular weight excluding hydrogens is 541 g/mol. The molecular formula is C24H21BrFN3O5S. The number of nitrogens with one attached hydrogen (secondary N) is 1. The molecule has 3 aromatic carbocycles. The van der Waals surface area contributed by atoms with E-state index in [1.165, 1.54) is 43.7 Å². The first-order chi connectivity index (χ1) is 16.8. The molecule has 0 amide bonds. The van der Waals surface area contributed by atoms with E-state index >= 15 is 0 Å². The van der Waals surface area contributed by atoms with Crippen LogP contribution in [-0.4, -0.2) is 27.8 Å². The quantitative estimate of drug-likeness (QED) is 0.278. The molecule has 0 aliphatic carbocycles. The lowest BCUT2D eigenvalue weighted by atomic mass is 10.2. The highest BCUT2D eigenvalue weighted by atomic mass is 79.9. The minimum absolute atomic E-state index is 0.0359. The molecule has 0 spiro atoms. The van der Waals surface area contributed by atoms with Crippen LogP contribution in [0.15, 0.2) is 86.9 Å². The summed E-state index contributed by atoms with van der Waals surface area (Å²) in [4.78, 5) is 0.0495. The van der Waals surface area contributed by atoms with Gasteiger partial charge in [-0.3, -0.25) is 0 Å². The predicted molar refractivity (Wildman–Crippen MR) is 133 cm³/mol. The normalized spacial score (nSPS) is 11.2. The van der Waals surface area contributed by atoms with Gasteiger partial charge in [0.1, 0.15) is 23.6 Å². The summed E-state index contributed by atoms with van der Waals surface area (Å²) in [6, 6.07) is 17.4. The van der Waals surface area contributed by atoms with Crippen LogP contribution in [0.1, 0.15) is 5.56 Å². The standard InChI is InChI=1S/C24H21BrFN3O5S/c1-32-18-7-3-16(4-8-18)15-29(24-11-12-34-28-24)35(30,31)19-9-5-17(6-10-19)27-22-14-21(26)20(25)13-23(22)33-2/h3-14,27H,15H2,1-2H3. The first kappa shape index (κ1) is 24.6. The van der Waals surface area contributed by atoms with E-state index in [0.717, 1.165) is 9.87 Å². The summed E-state index contributed by atoms with van der Waals surface area (Å²) in [6.45, 7) is 0.0359. The molecule has 35 heavy (non-hydrogen) atoms. The molecule has 8 nitrogen and oxygen atoms in total. The third-order valence-electron chi connectivity index (χ3n) is 5.13. The van der Waals surface area contributed by atoms with Gasteiger partial charge in [0.2, 0.25) is 0 Å². The Morgan fingerprint density at radius 2 is 1.74 bits per heavy atom. The number of sulfonamides is 1. The molecule has 1 N–H and O–H groups in total. The molecule has 4 aromatic rings. The molecule has 0 fully saturated rings. The zero-order chi connectivity index (χ0) is 25.0. The highest BCUT2D eigenvalue weighted by molar-refractivity contribution is 9.10. The molecule has 4 rings (SSSR count). The highest BCUT2D eigenvalue weighted by Gasteiger charge is 2.27. The smallest absolute Gasteiger partial charge is 0.265 e. The van der Waals surface area contributed by atoms with E-state index < -0.39 is 15.8 Å². The predicted octanol–water partition coefficient (Wildman–Crippen LogP) is 5.73. The molecule has 182 valence electrons. The lowest BCUT2D eigenvalue weighted by molar-refractivity contribution is 0.414. The number of methoxy groups -OCH3 is 2. The van der Waals surface area contributed by atoms with Gasteiger partial charge in [0.15, 0.2) is 5.82 Å². The van der Waals surface area contributed by atoms with Gasteiger partial charge in [0.25, 0.3) is 10.0 Å². The Bertz CT molecular complexity index is 1400. The van der Waals surface area contributed by atoms with Crippen LogP contribution in [0.3, 0.4) is 0 Å². The summed E-state index contributed by atoms with van der Waals surface area (Å²) in [7, 11) is -0.959. The zero-order valence-corrected chi connectivity index (χ0v) is 21.1. The van der Waals surface area contributed by atoms with Crippen molar-refractivity contribution in [3.05, 3.63) is 88.8 Å². The third-order valence-corrected chi connectivity index (χ3v) is 7.50. The van der Waals surface area contributed by atoms with Crippen molar-refractivity contribution in [1.82, 2.24) is 5.16 Å². The molecule has 1 heterocycles. The fourth-order valence-electron chi connectivity index (χ4n) is 3.31. The van der Waals surface area contributed by atoms with E-state index in [2.05, 4.69) is 26.4 Å². The summed E-state index contributed by atoms with van der Waals surface area (Å²) in [5, 5.41) is 6.87. The van der Waals surface area contributed by atoms with Crippen molar-refractivity contribution in [2.75, 3.05) is 23.8 Å². The second-order valence-corrected chi connectivity index (χ2v) is 10.1. The number of ether oxygens (including phenoxy) is 2. The van der Waals surface area contributed by atoms with Gasteiger partial charge in [-0.15, -0.1) is 0 Å². The van der Waals surface area contributed by atoms with E-state index in [-0.39, 0.29) is 21.7 Å². The van der Waals surface area contributed by atoms with Crippen LogP contribution in [0.25, 0.3) is 0 Å². The van der Waals surface area contributed by atoms with Crippen LogP contribution < -0.4 is 19.1 Å². The molecule has 0 aliphatic rings. The Labute approximate surface area is 210 Å². The Hall–Kier alpha value is -3.57. The molecule has 0 saturated carbocycles. The second-order valence-electron chi connectivity index (χ2n) is 7.33.